The number of carbonyl (C=O) groups excluding carboxylic acids is 1. The average molecular weight is 815 g/mol. The molecule has 58 heavy (non-hydrogen) atoms. The number of aliphatic hydroxyl groups excluding tert-OH is 3. The van der Waals surface area contributed by atoms with Gasteiger partial charge in [-0.05, 0) is 116 Å². The topological polar surface area (TPSA) is 105 Å². The third-order valence-electron chi connectivity index (χ3n) is 17.3. The number of fused-ring (bicyclic) bond motifs is 5. The molecule has 5 rings (SSSR count). The number of unbranched alkanes of at least 4 members (excludes halogenated alkanes) is 9. The molecule has 0 aromatic heterocycles. The molecule has 0 amide bonds. The maximum Gasteiger partial charge on any atom is 0.305 e. The molecular formula is C51H90O7. The molecule has 4 fully saturated rings. The summed E-state index contributed by atoms with van der Waals surface area (Å²) in [5, 5.41) is 32.6. The third-order valence-corrected chi connectivity index (χ3v) is 17.3. The van der Waals surface area contributed by atoms with E-state index in [0.29, 0.717) is 23.7 Å². The Kier molecular flexibility index (Phi) is 18.5. The van der Waals surface area contributed by atoms with Gasteiger partial charge in [0.1, 0.15) is 31.0 Å². The fourth-order valence-corrected chi connectivity index (χ4v) is 12.9. The van der Waals surface area contributed by atoms with E-state index in [1.165, 1.54) is 108 Å². The molecule has 5 aliphatic rings. The van der Waals surface area contributed by atoms with Gasteiger partial charge in [-0.25, -0.2) is 0 Å². The van der Waals surface area contributed by atoms with Gasteiger partial charge in [0.05, 0.1) is 6.10 Å². The first-order valence-corrected chi connectivity index (χ1v) is 24.9. The second-order valence-corrected chi connectivity index (χ2v) is 21.6. The molecule has 1 aliphatic heterocycles. The Morgan fingerprint density at radius 3 is 2.17 bits per heavy atom. The standard InChI is InChI=1S/C51H90O7/c1-9-10-11-12-13-14-15-16-17-18-19-35(4)20-27-45(52)56-33-44-46(53)47(54)48(55)49(58-44)57-39-28-30-50(7)38(32-39)23-24-40-42-26-25-41(51(42,8)31-29-43(40)50)37(6)22-21-36(5)34(2)3/h23,34-37,39-44,46-49,53-55H,9-22,24-33H2,1-8H3. The number of ether oxygens (including phenoxy) is 3. The van der Waals surface area contributed by atoms with Gasteiger partial charge < -0.3 is 29.5 Å². The van der Waals surface area contributed by atoms with E-state index >= 15 is 0 Å². The summed E-state index contributed by atoms with van der Waals surface area (Å²) < 4.78 is 18.1. The Balaban J connectivity index is 1.05. The van der Waals surface area contributed by atoms with Crippen LogP contribution in [0.25, 0.3) is 0 Å². The minimum atomic E-state index is -1.44. The summed E-state index contributed by atoms with van der Waals surface area (Å²) in [6.45, 7) is 19.2. The zero-order chi connectivity index (χ0) is 42.0. The van der Waals surface area contributed by atoms with Crippen LogP contribution in [0, 0.1) is 58.2 Å². The minimum Gasteiger partial charge on any atom is -0.463 e. The van der Waals surface area contributed by atoms with Gasteiger partial charge in [0.15, 0.2) is 6.29 Å². The predicted molar refractivity (Wildman–Crippen MR) is 235 cm³/mol. The molecular weight excluding hydrogens is 725 g/mol. The lowest BCUT2D eigenvalue weighted by molar-refractivity contribution is -0.313. The molecule has 7 heteroatoms. The first-order chi connectivity index (χ1) is 27.7. The van der Waals surface area contributed by atoms with Crippen LogP contribution in [0.15, 0.2) is 11.6 Å². The monoisotopic (exact) mass is 815 g/mol. The average Bonchev–Trinajstić information content (AvgIpc) is 3.56. The molecule has 0 radical (unpaired) electrons. The molecule has 1 saturated heterocycles. The molecule has 0 aromatic rings. The van der Waals surface area contributed by atoms with Crippen molar-refractivity contribution < 1.29 is 34.3 Å². The maximum absolute atomic E-state index is 12.7. The number of esters is 1. The van der Waals surface area contributed by atoms with Crippen molar-refractivity contribution in [3.8, 4) is 0 Å². The first kappa shape index (κ1) is 48.0. The highest BCUT2D eigenvalue weighted by Gasteiger charge is 2.59. The highest BCUT2D eigenvalue weighted by atomic mass is 16.7. The van der Waals surface area contributed by atoms with E-state index in [1.807, 2.05) is 0 Å². The van der Waals surface area contributed by atoms with Crippen molar-refractivity contribution in [2.45, 2.75) is 240 Å². The van der Waals surface area contributed by atoms with E-state index in [-0.39, 0.29) is 24.1 Å². The summed E-state index contributed by atoms with van der Waals surface area (Å²) in [5.41, 5.74) is 2.13. The van der Waals surface area contributed by atoms with Crippen molar-refractivity contribution in [1.82, 2.24) is 0 Å². The summed E-state index contributed by atoms with van der Waals surface area (Å²) in [6, 6.07) is 0. The predicted octanol–water partition coefficient (Wildman–Crippen LogP) is 11.7. The molecule has 0 bridgehead atoms. The van der Waals surface area contributed by atoms with Crippen LogP contribution in [0.1, 0.15) is 203 Å². The maximum atomic E-state index is 12.7. The number of aliphatic hydroxyl groups is 3. The molecule has 15 unspecified atom stereocenters. The molecule has 0 spiro atoms. The summed E-state index contributed by atoms with van der Waals surface area (Å²) in [4.78, 5) is 12.7. The smallest absolute Gasteiger partial charge is 0.305 e. The molecule has 4 aliphatic carbocycles. The number of hydrogen-bond acceptors (Lipinski definition) is 7. The van der Waals surface area contributed by atoms with Gasteiger partial charge in [0, 0.05) is 6.42 Å². The normalized spacial score (nSPS) is 37.7. The molecule has 7 nitrogen and oxygen atoms in total. The zero-order valence-electron chi connectivity index (χ0n) is 38.6. The van der Waals surface area contributed by atoms with Crippen LogP contribution in [-0.4, -0.2) is 64.7 Å². The van der Waals surface area contributed by atoms with Gasteiger partial charge in [-0.1, -0.05) is 151 Å². The van der Waals surface area contributed by atoms with Crippen LogP contribution >= 0.6 is 0 Å². The van der Waals surface area contributed by atoms with E-state index in [9.17, 15) is 20.1 Å². The largest absolute Gasteiger partial charge is 0.463 e. The second-order valence-electron chi connectivity index (χ2n) is 21.6. The van der Waals surface area contributed by atoms with Gasteiger partial charge in [-0.3, -0.25) is 4.79 Å². The molecule has 0 aromatic carbocycles. The Morgan fingerprint density at radius 2 is 1.48 bits per heavy atom. The SMILES string of the molecule is CCCCCCCCCCCCC(C)CCC(=O)OCC1OC(OC2CCC3(C)C(=CCC4C3CCC3(C)C(C(C)CCC(C)C(C)C)CCC43)C2)C(O)C(O)C1O. The van der Waals surface area contributed by atoms with Crippen molar-refractivity contribution in [3.63, 3.8) is 0 Å². The van der Waals surface area contributed by atoms with Crippen LogP contribution < -0.4 is 0 Å². The van der Waals surface area contributed by atoms with Gasteiger partial charge in [0.25, 0.3) is 0 Å². The van der Waals surface area contributed by atoms with Crippen molar-refractivity contribution in [3.05, 3.63) is 11.6 Å². The summed E-state index contributed by atoms with van der Waals surface area (Å²) in [6.07, 6.45) is 23.7. The lowest BCUT2D eigenvalue weighted by Crippen LogP contribution is -2.60. The van der Waals surface area contributed by atoms with E-state index in [0.717, 1.165) is 74.0 Å². The lowest BCUT2D eigenvalue weighted by Gasteiger charge is -2.58. The fraction of sp³-hybridized carbons (Fsp3) is 0.941. The summed E-state index contributed by atoms with van der Waals surface area (Å²) >= 11 is 0. The Labute approximate surface area is 355 Å². The number of hydrogen-bond donors (Lipinski definition) is 3. The van der Waals surface area contributed by atoms with Crippen LogP contribution in [0.4, 0.5) is 0 Å². The van der Waals surface area contributed by atoms with Gasteiger partial charge in [0.2, 0.25) is 0 Å². The third kappa shape index (κ3) is 11.9. The molecule has 3 saturated carbocycles. The van der Waals surface area contributed by atoms with E-state index in [2.05, 4.69) is 61.5 Å². The second kappa shape index (κ2) is 22.4. The molecule has 336 valence electrons. The van der Waals surface area contributed by atoms with E-state index < -0.39 is 30.7 Å². The Morgan fingerprint density at radius 1 is 0.793 bits per heavy atom. The summed E-state index contributed by atoms with van der Waals surface area (Å²) in [7, 11) is 0. The number of rotatable bonds is 23. The first-order valence-electron chi connectivity index (χ1n) is 24.9. The molecule has 3 N–H and O–H groups in total. The summed E-state index contributed by atoms with van der Waals surface area (Å²) in [5.74, 6) is 5.61. The van der Waals surface area contributed by atoms with Crippen molar-refractivity contribution in [1.29, 1.82) is 0 Å². The van der Waals surface area contributed by atoms with Gasteiger partial charge in [-0.15, -0.1) is 0 Å². The van der Waals surface area contributed by atoms with E-state index in [1.54, 1.807) is 0 Å². The zero-order valence-corrected chi connectivity index (χ0v) is 38.6. The van der Waals surface area contributed by atoms with Crippen LogP contribution in [0.5, 0.6) is 0 Å². The Bertz CT molecular complexity index is 1270. The number of carbonyl (C=O) groups is 1. The van der Waals surface area contributed by atoms with Crippen molar-refractivity contribution in [2.24, 2.45) is 58.2 Å². The van der Waals surface area contributed by atoms with E-state index in [4.69, 9.17) is 14.2 Å². The quantitative estimate of drug-likeness (QED) is 0.0536. The lowest BCUT2D eigenvalue weighted by atomic mass is 9.47. The van der Waals surface area contributed by atoms with Gasteiger partial charge in [-0.2, -0.15) is 0 Å². The highest BCUT2D eigenvalue weighted by Crippen LogP contribution is 2.67. The van der Waals surface area contributed by atoms with Crippen molar-refractivity contribution in [2.75, 3.05) is 6.61 Å². The minimum absolute atomic E-state index is 0.142. The highest BCUT2D eigenvalue weighted by molar-refractivity contribution is 5.69. The number of allylic oxidation sites excluding steroid dienone is 1. The molecule has 15 atom stereocenters. The fourth-order valence-electron chi connectivity index (χ4n) is 12.9. The van der Waals surface area contributed by atoms with Crippen LogP contribution in [-0.2, 0) is 19.0 Å². The Hall–Kier alpha value is -0.990. The van der Waals surface area contributed by atoms with Crippen LogP contribution in [0.2, 0.25) is 0 Å². The van der Waals surface area contributed by atoms with Crippen molar-refractivity contribution >= 4 is 5.97 Å². The van der Waals surface area contributed by atoms with Crippen LogP contribution in [0.3, 0.4) is 0 Å². The molecule has 1 heterocycles. The van der Waals surface area contributed by atoms with Gasteiger partial charge >= 0.3 is 5.97 Å².